The van der Waals surface area contributed by atoms with Crippen molar-refractivity contribution >= 4 is 42.6 Å². The van der Waals surface area contributed by atoms with Crippen molar-refractivity contribution in [2.45, 2.75) is 68.8 Å². The van der Waals surface area contributed by atoms with E-state index in [1.807, 2.05) is 13.8 Å². The molecule has 0 aliphatic carbocycles. The van der Waals surface area contributed by atoms with E-state index in [-0.39, 0.29) is 44.1 Å². The number of sulfonamides is 1. The number of benzene rings is 3. The third-order valence-electron chi connectivity index (χ3n) is 6.62. The fourth-order valence-electron chi connectivity index (χ4n) is 3.95. The molecular formula is C27H31F3N4O8S2. The summed E-state index contributed by atoms with van der Waals surface area (Å²) in [6, 6.07) is 11.9. The van der Waals surface area contributed by atoms with Gasteiger partial charge in [-0.2, -0.15) is 21.6 Å². The smallest absolute Gasteiger partial charge is 0.371 e. The highest BCUT2D eigenvalue weighted by molar-refractivity contribution is 7.93. The van der Waals surface area contributed by atoms with E-state index in [1.54, 1.807) is 19.9 Å². The Morgan fingerprint density at radius 1 is 0.818 bits per heavy atom. The van der Waals surface area contributed by atoms with Crippen LogP contribution >= 0.6 is 0 Å². The molecule has 0 aliphatic heterocycles. The third kappa shape index (κ3) is 8.22. The molecule has 44 heavy (non-hydrogen) atoms. The van der Waals surface area contributed by atoms with Crippen molar-refractivity contribution in [1.29, 1.82) is 0 Å². The van der Waals surface area contributed by atoms with Crippen LogP contribution in [0.2, 0.25) is 0 Å². The average molecular weight is 661 g/mol. The predicted molar refractivity (Wildman–Crippen MR) is 159 cm³/mol. The highest BCUT2D eigenvalue weighted by Gasteiger charge is 2.46. The van der Waals surface area contributed by atoms with Crippen molar-refractivity contribution in [3.8, 4) is 0 Å². The fraction of sp³-hybridized carbons (Fsp3) is 0.333. The van der Waals surface area contributed by atoms with E-state index in [4.69, 9.17) is 0 Å². The lowest BCUT2D eigenvalue weighted by atomic mass is 10.0. The van der Waals surface area contributed by atoms with Crippen molar-refractivity contribution in [3.05, 3.63) is 91.5 Å². The van der Waals surface area contributed by atoms with Crippen molar-refractivity contribution in [2.75, 3.05) is 10.0 Å². The number of hydrogen-bond donors (Lipinski definition) is 2. The number of sulfone groups is 1. The molecule has 3 aromatic carbocycles. The number of hydrogen-bond acceptors (Lipinski definition) is 9. The summed E-state index contributed by atoms with van der Waals surface area (Å²) in [5, 5.41) is 25.4. The van der Waals surface area contributed by atoms with Crippen LogP contribution in [-0.4, -0.2) is 38.2 Å². The van der Waals surface area contributed by atoms with Crippen LogP contribution < -0.4 is 10.0 Å². The molecule has 0 aliphatic rings. The second-order valence-electron chi connectivity index (χ2n) is 9.58. The molecule has 3 rings (SSSR count). The Balaban J connectivity index is 0.000000312. The Labute approximate surface area is 252 Å². The maximum Gasteiger partial charge on any atom is 0.516 e. The molecule has 0 radical (unpaired) electrons. The summed E-state index contributed by atoms with van der Waals surface area (Å²) in [6.07, 6.45) is 1.47. The van der Waals surface area contributed by atoms with Crippen molar-refractivity contribution < 1.29 is 39.9 Å². The molecule has 0 bridgehead atoms. The maximum absolute atomic E-state index is 12.4. The summed E-state index contributed by atoms with van der Waals surface area (Å²) in [7, 11) is -9.42. The van der Waals surface area contributed by atoms with Crippen molar-refractivity contribution in [1.82, 2.24) is 0 Å². The zero-order valence-corrected chi connectivity index (χ0v) is 25.9. The molecule has 12 nitrogen and oxygen atoms in total. The first-order valence-electron chi connectivity index (χ1n) is 13.0. The van der Waals surface area contributed by atoms with Crippen LogP contribution in [0.3, 0.4) is 0 Å². The van der Waals surface area contributed by atoms with E-state index in [0.717, 1.165) is 31.0 Å². The first-order chi connectivity index (χ1) is 20.3. The van der Waals surface area contributed by atoms with Gasteiger partial charge in [-0.3, -0.25) is 25.0 Å². The van der Waals surface area contributed by atoms with Gasteiger partial charge in [0.2, 0.25) is 9.84 Å². The number of nitrogens with zero attached hydrogens (tertiary/aromatic N) is 2. The molecule has 0 amide bonds. The number of nitrogens with one attached hydrogen (secondary N) is 2. The molecule has 0 fully saturated rings. The molecule has 240 valence electrons. The summed E-state index contributed by atoms with van der Waals surface area (Å²) in [4.78, 5) is 21.2. The van der Waals surface area contributed by atoms with E-state index < -0.39 is 35.2 Å². The van der Waals surface area contributed by atoms with Gasteiger partial charge in [-0.25, -0.2) is 8.42 Å². The van der Waals surface area contributed by atoms with Crippen LogP contribution in [0, 0.1) is 41.0 Å². The maximum atomic E-state index is 12.4. The Hall–Kier alpha value is -4.25. The summed E-state index contributed by atoms with van der Waals surface area (Å²) < 4.78 is 85.7. The first kappa shape index (κ1) is 35.9. The minimum Gasteiger partial charge on any atom is -0.371 e. The number of halogens is 3. The first-order valence-corrected chi connectivity index (χ1v) is 15.9. The van der Waals surface area contributed by atoms with Gasteiger partial charge in [-0.15, -0.1) is 0 Å². The van der Waals surface area contributed by atoms with Gasteiger partial charge in [-0.05, 0) is 75.1 Å². The highest BCUT2D eigenvalue weighted by Crippen LogP contribution is 2.39. The number of nitro groups is 2. The van der Waals surface area contributed by atoms with Crippen LogP contribution in [0.1, 0.15) is 43.4 Å². The van der Waals surface area contributed by atoms with Crippen LogP contribution in [0.5, 0.6) is 0 Å². The summed E-state index contributed by atoms with van der Waals surface area (Å²) in [5.74, 6) is 0. The SMILES string of the molecule is CCC(CC)Nc1c([N+](=O)[O-])cc(C)c(C)c1[N+](=O)[O-].Cc1cc(S(=O)(=O)c2ccccc2)ccc1NS(=O)(=O)C(F)(F)F. The van der Waals surface area contributed by atoms with Crippen molar-refractivity contribution in [3.63, 3.8) is 0 Å². The van der Waals surface area contributed by atoms with E-state index in [2.05, 4.69) is 5.32 Å². The van der Waals surface area contributed by atoms with Gasteiger partial charge < -0.3 is 5.32 Å². The molecule has 0 aromatic heterocycles. The van der Waals surface area contributed by atoms with Gasteiger partial charge >= 0.3 is 21.2 Å². The van der Waals surface area contributed by atoms with Crippen molar-refractivity contribution in [2.24, 2.45) is 0 Å². The fourth-order valence-corrected chi connectivity index (χ4v) is 5.95. The highest BCUT2D eigenvalue weighted by atomic mass is 32.2. The van der Waals surface area contributed by atoms with Crippen LogP contribution in [0.4, 0.5) is 35.9 Å². The Morgan fingerprint density at radius 3 is 1.84 bits per heavy atom. The lowest BCUT2D eigenvalue weighted by Gasteiger charge is -2.17. The number of alkyl halides is 3. The van der Waals surface area contributed by atoms with Gasteiger partial charge in [0.25, 0.3) is 5.69 Å². The summed E-state index contributed by atoms with van der Waals surface area (Å²) in [6.45, 7) is 8.41. The molecule has 0 unspecified atom stereocenters. The summed E-state index contributed by atoms with van der Waals surface area (Å²) in [5.41, 5.74) is -5.22. The minimum atomic E-state index is -5.57. The Morgan fingerprint density at radius 2 is 1.39 bits per heavy atom. The Kier molecular flexibility index (Phi) is 11.5. The number of anilines is 2. The molecule has 0 saturated heterocycles. The second kappa shape index (κ2) is 14.0. The molecule has 17 heteroatoms. The topological polar surface area (TPSA) is 179 Å². The molecule has 3 aromatic rings. The van der Waals surface area contributed by atoms with Gasteiger partial charge in [0.1, 0.15) is 0 Å². The summed E-state index contributed by atoms with van der Waals surface area (Å²) >= 11 is 0. The van der Waals surface area contributed by atoms with E-state index >= 15 is 0 Å². The molecule has 2 N–H and O–H groups in total. The van der Waals surface area contributed by atoms with Gasteiger partial charge in [0.05, 0.1) is 25.3 Å². The predicted octanol–water partition coefficient (Wildman–Crippen LogP) is 6.81. The zero-order valence-electron chi connectivity index (χ0n) is 24.3. The van der Waals surface area contributed by atoms with E-state index in [0.29, 0.717) is 11.1 Å². The normalized spacial score (nSPS) is 11.8. The number of rotatable bonds is 10. The Bertz CT molecular complexity index is 1740. The second-order valence-corrected chi connectivity index (χ2v) is 13.2. The lowest BCUT2D eigenvalue weighted by Crippen LogP contribution is -2.30. The van der Waals surface area contributed by atoms with Gasteiger partial charge in [0.15, 0.2) is 5.69 Å². The van der Waals surface area contributed by atoms with E-state index in [9.17, 15) is 50.2 Å². The van der Waals surface area contributed by atoms with Gasteiger partial charge in [0, 0.05) is 17.7 Å². The molecule has 0 spiro atoms. The van der Waals surface area contributed by atoms with Crippen LogP contribution in [0.15, 0.2) is 64.4 Å². The largest absolute Gasteiger partial charge is 0.516 e. The monoisotopic (exact) mass is 660 g/mol. The average Bonchev–Trinajstić information content (AvgIpc) is 2.94. The molecule has 0 atom stereocenters. The third-order valence-corrected chi connectivity index (χ3v) is 9.48. The number of nitro benzene ring substituents is 2. The number of aryl methyl sites for hydroxylation is 2. The molecule has 0 saturated carbocycles. The quantitative estimate of drug-likeness (QED) is 0.175. The lowest BCUT2D eigenvalue weighted by molar-refractivity contribution is -0.392. The van der Waals surface area contributed by atoms with E-state index in [1.165, 1.54) is 42.0 Å². The molecular weight excluding hydrogens is 629 g/mol. The van der Waals surface area contributed by atoms with Crippen LogP contribution in [0.25, 0.3) is 0 Å². The standard InChI is InChI=1S/C14H12F3NO4S2.C13H19N3O4/c1-10-9-12(23(19,20)11-5-3-2-4-6-11)7-8-13(10)18-24(21,22)14(15,16)17;1-5-10(6-2)14-12-11(15(17)18)7-8(3)9(4)13(12)16(19)20/h2-9,18H,1H3;7,10,14H,5-6H2,1-4H3. The minimum absolute atomic E-state index is 0.0109. The zero-order chi connectivity index (χ0) is 33.6. The van der Waals surface area contributed by atoms with Crippen LogP contribution in [-0.2, 0) is 19.9 Å². The van der Waals surface area contributed by atoms with Gasteiger partial charge in [-0.1, -0.05) is 32.0 Å². The molecule has 0 heterocycles.